The van der Waals surface area contributed by atoms with Gasteiger partial charge in [-0.25, -0.2) is 10.1 Å². The molecule has 3 rings (SSSR count). The first-order chi connectivity index (χ1) is 10.3. The minimum Gasteiger partial charge on any atom is -0.324 e. The summed E-state index contributed by atoms with van der Waals surface area (Å²) >= 11 is 0. The van der Waals surface area contributed by atoms with E-state index < -0.39 is 0 Å². The molecule has 21 heavy (non-hydrogen) atoms. The van der Waals surface area contributed by atoms with E-state index in [4.69, 9.17) is 4.84 Å². The molecule has 0 unspecified atom stereocenters. The van der Waals surface area contributed by atoms with Gasteiger partial charge in [-0.15, -0.1) is 0 Å². The highest BCUT2D eigenvalue weighted by Crippen LogP contribution is 2.15. The molecule has 1 aliphatic rings. The predicted molar refractivity (Wildman–Crippen MR) is 82.8 cm³/mol. The summed E-state index contributed by atoms with van der Waals surface area (Å²) in [4.78, 5) is 14.5. The first-order valence-electron chi connectivity index (χ1n) is 7.00. The number of hydroxylamine groups is 2. The van der Waals surface area contributed by atoms with Gasteiger partial charge in [0.1, 0.15) is 6.61 Å². The number of aromatic nitrogens is 1. The maximum atomic E-state index is 5.79. The van der Waals surface area contributed by atoms with Crippen molar-refractivity contribution >= 4 is 11.6 Å². The van der Waals surface area contributed by atoms with Crippen LogP contribution >= 0.6 is 0 Å². The minimum absolute atomic E-state index is 0.440. The molecule has 0 spiro atoms. The molecule has 0 fully saturated rings. The van der Waals surface area contributed by atoms with Gasteiger partial charge in [0, 0.05) is 11.9 Å². The van der Waals surface area contributed by atoms with Crippen molar-refractivity contribution in [2.45, 2.75) is 13.5 Å². The number of para-hydroxylation sites is 1. The van der Waals surface area contributed by atoms with E-state index >= 15 is 0 Å². The van der Waals surface area contributed by atoms with E-state index in [9.17, 15) is 0 Å². The summed E-state index contributed by atoms with van der Waals surface area (Å²) in [6, 6.07) is 13.9. The lowest BCUT2D eigenvalue weighted by Gasteiger charge is -2.20. The van der Waals surface area contributed by atoms with Gasteiger partial charge in [-0.3, -0.25) is 9.82 Å². The highest BCUT2D eigenvalue weighted by molar-refractivity contribution is 5.94. The van der Waals surface area contributed by atoms with E-state index in [1.165, 1.54) is 5.56 Å². The Balaban J connectivity index is 1.62. The van der Waals surface area contributed by atoms with Crippen molar-refractivity contribution in [1.82, 2.24) is 10.0 Å². The van der Waals surface area contributed by atoms with Gasteiger partial charge in [-0.05, 0) is 30.7 Å². The maximum Gasteiger partial charge on any atom is 0.223 e. The van der Waals surface area contributed by atoms with Gasteiger partial charge in [-0.2, -0.15) is 0 Å². The second-order valence-electron chi connectivity index (χ2n) is 4.84. The zero-order valence-electron chi connectivity index (χ0n) is 12.0. The second kappa shape index (κ2) is 6.37. The molecule has 2 heterocycles. The van der Waals surface area contributed by atoms with Gasteiger partial charge in [0.25, 0.3) is 0 Å². The summed E-state index contributed by atoms with van der Waals surface area (Å²) in [5.74, 6) is 0.750. The molecule has 1 aromatic heterocycles. The Kier molecular flexibility index (Phi) is 4.12. The lowest BCUT2D eigenvalue weighted by molar-refractivity contribution is -0.104. The monoisotopic (exact) mass is 282 g/mol. The van der Waals surface area contributed by atoms with Crippen molar-refractivity contribution in [1.29, 1.82) is 0 Å². The number of aryl methyl sites for hydroxylation is 1. The van der Waals surface area contributed by atoms with Crippen molar-refractivity contribution in [2.75, 3.05) is 18.4 Å². The van der Waals surface area contributed by atoms with Crippen LogP contribution in [0.5, 0.6) is 0 Å². The largest absolute Gasteiger partial charge is 0.324 e. The Labute approximate surface area is 124 Å². The van der Waals surface area contributed by atoms with Crippen LogP contribution in [0.25, 0.3) is 0 Å². The zero-order chi connectivity index (χ0) is 14.5. The number of rotatable bonds is 4. The topological polar surface area (TPSA) is 49.8 Å². The average Bonchev–Trinajstić information content (AvgIpc) is 2.96. The second-order valence-corrected chi connectivity index (χ2v) is 4.84. The quantitative estimate of drug-likeness (QED) is 0.936. The van der Waals surface area contributed by atoms with Gasteiger partial charge in [0.15, 0.2) is 0 Å². The van der Waals surface area contributed by atoms with Gasteiger partial charge in [-0.1, -0.05) is 24.3 Å². The molecule has 5 heteroatoms. The lowest BCUT2D eigenvalue weighted by Crippen LogP contribution is -2.33. The number of hydrogen-bond acceptors (Lipinski definition) is 5. The Hall–Kier alpha value is -2.40. The first-order valence-corrected chi connectivity index (χ1v) is 7.00. The number of anilines is 1. The van der Waals surface area contributed by atoms with Crippen LogP contribution in [0.4, 0.5) is 5.69 Å². The third-order valence-electron chi connectivity index (χ3n) is 3.29. The maximum absolute atomic E-state index is 5.79. The van der Waals surface area contributed by atoms with Crippen LogP contribution in [0.3, 0.4) is 0 Å². The number of nitrogens with zero attached hydrogens (tertiary/aromatic N) is 3. The van der Waals surface area contributed by atoms with E-state index in [0.29, 0.717) is 6.61 Å². The highest BCUT2D eigenvalue weighted by atomic mass is 16.7. The average molecular weight is 282 g/mol. The summed E-state index contributed by atoms with van der Waals surface area (Å²) in [6.45, 7) is 3.99. The van der Waals surface area contributed by atoms with Crippen molar-refractivity contribution < 1.29 is 4.84 Å². The third-order valence-corrected chi connectivity index (χ3v) is 3.29. The molecule has 0 saturated carbocycles. The fourth-order valence-corrected chi connectivity index (χ4v) is 2.12. The van der Waals surface area contributed by atoms with Crippen LogP contribution in [0.15, 0.2) is 53.7 Å². The summed E-state index contributed by atoms with van der Waals surface area (Å²) in [5.41, 5.74) is 3.13. The van der Waals surface area contributed by atoms with E-state index in [2.05, 4.69) is 28.3 Å². The van der Waals surface area contributed by atoms with Crippen LogP contribution in [0, 0.1) is 6.92 Å². The van der Waals surface area contributed by atoms with Gasteiger partial charge in [0.05, 0.1) is 18.8 Å². The molecule has 1 aromatic carbocycles. The number of nitrogens with one attached hydrogen (secondary N) is 1. The molecular weight excluding hydrogens is 264 g/mol. The van der Waals surface area contributed by atoms with Crippen LogP contribution < -0.4 is 5.32 Å². The van der Waals surface area contributed by atoms with Crippen molar-refractivity contribution in [3.63, 3.8) is 0 Å². The third kappa shape index (κ3) is 3.38. The summed E-state index contributed by atoms with van der Waals surface area (Å²) in [6.07, 6.45) is 1.77. The summed E-state index contributed by atoms with van der Waals surface area (Å²) < 4.78 is 0. The smallest absolute Gasteiger partial charge is 0.223 e. The number of aliphatic imine (C=N–C) groups is 1. The van der Waals surface area contributed by atoms with Crippen LogP contribution in [0.1, 0.15) is 11.3 Å². The van der Waals surface area contributed by atoms with Crippen molar-refractivity contribution in [3.8, 4) is 0 Å². The van der Waals surface area contributed by atoms with Gasteiger partial charge < -0.3 is 5.32 Å². The number of pyridine rings is 1. The molecule has 0 aliphatic carbocycles. The minimum atomic E-state index is 0.440. The van der Waals surface area contributed by atoms with E-state index in [-0.39, 0.29) is 0 Å². The molecule has 108 valence electrons. The molecule has 1 N–H and O–H groups in total. The highest BCUT2D eigenvalue weighted by Gasteiger charge is 2.18. The Morgan fingerprint density at radius 2 is 2.05 bits per heavy atom. The molecule has 0 saturated heterocycles. The Bertz CT molecular complexity index is 627. The summed E-state index contributed by atoms with van der Waals surface area (Å²) in [5, 5.41) is 5.12. The fourth-order valence-electron chi connectivity index (χ4n) is 2.12. The Morgan fingerprint density at radius 1 is 1.19 bits per heavy atom. The number of guanidine groups is 1. The van der Waals surface area contributed by atoms with Crippen LogP contribution in [-0.2, 0) is 11.4 Å². The SMILES string of the molecule is Cc1ccccc1NC1=NCCN1OCc1ccccn1. The van der Waals surface area contributed by atoms with E-state index in [1.54, 1.807) is 11.3 Å². The number of benzene rings is 1. The molecule has 0 atom stereocenters. The lowest BCUT2D eigenvalue weighted by atomic mass is 10.2. The molecule has 0 amide bonds. The standard InChI is InChI=1S/C16H18N4O/c1-13-6-2-3-8-15(13)19-16-18-10-11-20(16)21-12-14-7-4-5-9-17-14/h2-9H,10-12H2,1H3,(H,18,19). The van der Waals surface area contributed by atoms with Crippen molar-refractivity contribution in [3.05, 3.63) is 59.9 Å². The fraction of sp³-hybridized carbons (Fsp3) is 0.250. The predicted octanol–water partition coefficient (Wildman–Crippen LogP) is 2.61. The molecule has 1 aliphatic heterocycles. The van der Waals surface area contributed by atoms with Crippen LogP contribution in [0.2, 0.25) is 0 Å². The van der Waals surface area contributed by atoms with Gasteiger partial charge >= 0.3 is 0 Å². The molecule has 0 radical (unpaired) electrons. The normalized spacial score (nSPS) is 14.1. The Morgan fingerprint density at radius 3 is 2.86 bits per heavy atom. The molecule has 0 bridgehead atoms. The van der Waals surface area contributed by atoms with E-state index in [0.717, 1.165) is 30.4 Å². The van der Waals surface area contributed by atoms with E-state index in [1.807, 2.05) is 36.4 Å². The first kappa shape index (κ1) is 13.6. The zero-order valence-corrected chi connectivity index (χ0v) is 12.0. The van der Waals surface area contributed by atoms with Crippen LogP contribution in [-0.4, -0.2) is 29.1 Å². The molecule has 5 nitrogen and oxygen atoms in total. The molecule has 2 aromatic rings. The molecular formula is C16H18N4O. The van der Waals surface area contributed by atoms with Gasteiger partial charge in [0.2, 0.25) is 5.96 Å². The number of hydrogen-bond donors (Lipinski definition) is 1. The van der Waals surface area contributed by atoms with Crippen molar-refractivity contribution in [2.24, 2.45) is 4.99 Å². The summed E-state index contributed by atoms with van der Waals surface area (Å²) in [7, 11) is 0.